The van der Waals surface area contributed by atoms with Crippen molar-refractivity contribution in [1.82, 2.24) is 25.1 Å². The zero-order valence-corrected chi connectivity index (χ0v) is 18.4. The molecule has 2 heterocycles. The monoisotopic (exact) mass is 416 g/mol. The second kappa shape index (κ2) is 10.0. The van der Waals surface area contributed by atoms with Crippen molar-refractivity contribution in [3.63, 3.8) is 0 Å². The summed E-state index contributed by atoms with van der Waals surface area (Å²) in [5.41, 5.74) is 1.30. The van der Waals surface area contributed by atoms with E-state index in [4.69, 9.17) is 4.74 Å². The molecule has 0 saturated carbocycles. The van der Waals surface area contributed by atoms with Crippen molar-refractivity contribution in [1.29, 1.82) is 0 Å². The molecule has 1 aromatic heterocycles. The molecule has 2 aromatic rings. The minimum atomic E-state index is -0.282. The standard InChI is InChI=1S/C22H33FN6O/c1-5-24-21(27-16-22(3,4)28-10-12-30-13-11-28)26-15-18-6-7-20(19(23)14-18)29-9-8-25-17(29)2/h6-9,14H,5,10-13,15-16H2,1-4H3,(H2,24,26,27). The molecule has 0 atom stereocenters. The van der Waals surface area contributed by atoms with Crippen LogP contribution in [0, 0.1) is 12.7 Å². The third kappa shape index (κ3) is 5.58. The molecule has 2 N–H and O–H groups in total. The number of guanidine groups is 1. The van der Waals surface area contributed by atoms with Crippen molar-refractivity contribution in [2.24, 2.45) is 4.99 Å². The number of imidazole rings is 1. The first-order chi connectivity index (χ1) is 14.4. The van der Waals surface area contributed by atoms with E-state index in [1.165, 1.54) is 0 Å². The molecular formula is C22H33FN6O. The van der Waals surface area contributed by atoms with Crippen molar-refractivity contribution in [3.8, 4) is 5.69 Å². The van der Waals surface area contributed by atoms with Gasteiger partial charge in [-0.15, -0.1) is 0 Å². The Morgan fingerprint density at radius 3 is 2.67 bits per heavy atom. The van der Waals surface area contributed by atoms with Gasteiger partial charge in [0.15, 0.2) is 5.96 Å². The molecule has 8 heteroatoms. The fraction of sp³-hybridized carbons (Fsp3) is 0.545. The number of rotatable bonds is 7. The van der Waals surface area contributed by atoms with E-state index < -0.39 is 0 Å². The SMILES string of the molecule is CCNC(=NCc1ccc(-n2ccnc2C)c(F)c1)NCC(C)(C)N1CCOCC1. The Kier molecular flexibility index (Phi) is 7.44. The molecule has 3 rings (SSSR count). The Morgan fingerprint density at radius 1 is 1.27 bits per heavy atom. The lowest BCUT2D eigenvalue weighted by Gasteiger charge is -2.41. The number of halogens is 1. The maximum absolute atomic E-state index is 14.6. The third-order valence-corrected chi connectivity index (χ3v) is 5.42. The van der Waals surface area contributed by atoms with E-state index >= 15 is 0 Å². The molecule has 1 fully saturated rings. The van der Waals surface area contributed by atoms with Crippen LogP contribution in [0.25, 0.3) is 5.69 Å². The average molecular weight is 417 g/mol. The fourth-order valence-corrected chi connectivity index (χ4v) is 3.57. The number of aromatic nitrogens is 2. The average Bonchev–Trinajstić information content (AvgIpc) is 3.16. The molecule has 1 saturated heterocycles. The topological polar surface area (TPSA) is 66.7 Å². The number of aliphatic imine (C=N–C) groups is 1. The van der Waals surface area contributed by atoms with Gasteiger partial charge in [-0.25, -0.2) is 14.4 Å². The second-order valence-electron chi connectivity index (χ2n) is 8.09. The van der Waals surface area contributed by atoms with E-state index in [1.54, 1.807) is 29.1 Å². The van der Waals surface area contributed by atoms with E-state index in [0.29, 0.717) is 12.2 Å². The number of nitrogens with one attached hydrogen (secondary N) is 2. The van der Waals surface area contributed by atoms with Gasteiger partial charge in [0.1, 0.15) is 11.6 Å². The first-order valence-corrected chi connectivity index (χ1v) is 10.5. The predicted molar refractivity (Wildman–Crippen MR) is 118 cm³/mol. The lowest BCUT2D eigenvalue weighted by atomic mass is 10.0. The molecule has 0 bridgehead atoms. The molecule has 0 radical (unpaired) electrons. The summed E-state index contributed by atoms with van der Waals surface area (Å²) in [6, 6.07) is 5.22. The Morgan fingerprint density at radius 2 is 2.03 bits per heavy atom. The summed E-state index contributed by atoms with van der Waals surface area (Å²) in [5, 5.41) is 6.71. The van der Waals surface area contributed by atoms with Gasteiger partial charge in [0.05, 0.1) is 25.4 Å². The number of hydrogen-bond acceptors (Lipinski definition) is 4. The Balaban J connectivity index is 1.64. The molecule has 0 aliphatic carbocycles. The Labute approximate surface area is 178 Å². The highest BCUT2D eigenvalue weighted by molar-refractivity contribution is 5.79. The number of ether oxygens (including phenoxy) is 1. The van der Waals surface area contributed by atoms with E-state index in [1.807, 2.05) is 19.9 Å². The summed E-state index contributed by atoms with van der Waals surface area (Å²) >= 11 is 0. The van der Waals surface area contributed by atoms with Gasteiger partial charge in [0.2, 0.25) is 0 Å². The van der Waals surface area contributed by atoms with E-state index in [-0.39, 0.29) is 11.4 Å². The normalized spacial score (nSPS) is 16.0. The van der Waals surface area contributed by atoms with Crippen molar-refractivity contribution in [2.45, 2.75) is 39.8 Å². The van der Waals surface area contributed by atoms with Crippen LogP contribution in [-0.4, -0.2) is 65.3 Å². The summed E-state index contributed by atoms with van der Waals surface area (Å²) in [5.74, 6) is 1.20. The van der Waals surface area contributed by atoms with Gasteiger partial charge in [-0.05, 0) is 45.4 Å². The first-order valence-electron chi connectivity index (χ1n) is 10.5. The quantitative estimate of drug-likeness (QED) is 0.536. The van der Waals surface area contributed by atoms with Gasteiger partial charge >= 0.3 is 0 Å². The Hall–Kier alpha value is -2.45. The van der Waals surface area contributed by atoms with Gasteiger partial charge in [-0.2, -0.15) is 0 Å². The van der Waals surface area contributed by atoms with E-state index in [9.17, 15) is 4.39 Å². The van der Waals surface area contributed by atoms with Crippen LogP contribution >= 0.6 is 0 Å². The Bertz CT molecular complexity index is 857. The molecular weight excluding hydrogens is 383 g/mol. The van der Waals surface area contributed by atoms with Gasteiger partial charge in [-0.1, -0.05) is 6.07 Å². The molecule has 1 aliphatic heterocycles. The zero-order chi connectivity index (χ0) is 21.6. The molecule has 0 amide bonds. The van der Waals surface area contributed by atoms with E-state index in [0.717, 1.165) is 56.7 Å². The van der Waals surface area contributed by atoms with Crippen LogP contribution in [0.1, 0.15) is 32.2 Å². The number of morpholine rings is 1. The summed E-state index contributed by atoms with van der Waals surface area (Å²) in [4.78, 5) is 11.2. The van der Waals surface area contributed by atoms with Crippen molar-refractivity contribution >= 4 is 5.96 Å². The molecule has 164 valence electrons. The van der Waals surface area contributed by atoms with Crippen LogP contribution < -0.4 is 10.6 Å². The molecule has 30 heavy (non-hydrogen) atoms. The smallest absolute Gasteiger partial charge is 0.191 e. The van der Waals surface area contributed by atoms with Crippen molar-refractivity contribution in [3.05, 3.63) is 47.8 Å². The molecule has 1 aromatic carbocycles. The molecule has 1 aliphatic rings. The van der Waals surface area contributed by atoms with Crippen LogP contribution in [0.15, 0.2) is 35.6 Å². The highest BCUT2D eigenvalue weighted by Gasteiger charge is 2.28. The number of benzene rings is 1. The van der Waals surface area contributed by atoms with Gasteiger partial charge in [0, 0.05) is 44.1 Å². The van der Waals surface area contributed by atoms with Crippen molar-refractivity contribution in [2.75, 3.05) is 39.4 Å². The second-order valence-corrected chi connectivity index (χ2v) is 8.09. The van der Waals surface area contributed by atoms with E-state index in [2.05, 4.69) is 39.4 Å². The predicted octanol–water partition coefficient (Wildman–Crippen LogP) is 2.49. The van der Waals surface area contributed by atoms with Gasteiger partial charge in [-0.3, -0.25) is 4.90 Å². The highest BCUT2D eigenvalue weighted by Crippen LogP contribution is 2.18. The minimum Gasteiger partial charge on any atom is -0.379 e. The summed E-state index contributed by atoms with van der Waals surface area (Å²) in [7, 11) is 0. The maximum Gasteiger partial charge on any atom is 0.191 e. The molecule has 7 nitrogen and oxygen atoms in total. The van der Waals surface area contributed by atoms with Crippen LogP contribution in [-0.2, 0) is 11.3 Å². The summed E-state index contributed by atoms with van der Waals surface area (Å²) in [6.07, 6.45) is 3.43. The van der Waals surface area contributed by atoms with Crippen molar-refractivity contribution < 1.29 is 9.13 Å². The summed E-state index contributed by atoms with van der Waals surface area (Å²) < 4.78 is 21.8. The van der Waals surface area contributed by atoms with Crippen LogP contribution in [0.3, 0.4) is 0 Å². The maximum atomic E-state index is 14.6. The first kappa shape index (κ1) is 22.2. The van der Waals surface area contributed by atoms with Crippen LogP contribution in [0.5, 0.6) is 0 Å². The minimum absolute atomic E-state index is 0.0175. The third-order valence-electron chi connectivity index (χ3n) is 5.42. The highest BCUT2D eigenvalue weighted by atomic mass is 19.1. The fourth-order valence-electron chi connectivity index (χ4n) is 3.57. The number of nitrogens with zero attached hydrogens (tertiary/aromatic N) is 4. The largest absolute Gasteiger partial charge is 0.379 e. The lowest BCUT2D eigenvalue weighted by molar-refractivity contribution is -0.00834. The summed E-state index contributed by atoms with van der Waals surface area (Å²) in [6.45, 7) is 13.7. The number of aryl methyl sites for hydroxylation is 1. The number of hydrogen-bond donors (Lipinski definition) is 2. The molecule has 0 unspecified atom stereocenters. The van der Waals surface area contributed by atoms with Crippen LogP contribution in [0.2, 0.25) is 0 Å². The van der Waals surface area contributed by atoms with Gasteiger partial charge < -0.3 is 19.9 Å². The molecule has 0 spiro atoms. The lowest BCUT2D eigenvalue weighted by Crippen LogP contribution is -2.56. The zero-order valence-electron chi connectivity index (χ0n) is 18.4. The van der Waals surface area contributed by atoms with Gasteiger partial charge in [0.25, 0.3) is 0 Å². The van der Waals surface area contributed by atoms with Crippen LogP contribution in [0.4, 0.5) is 4.39 Å².